The molecule has 1 rings (SSSR count). The number of halogens is 1. The van der Waals surface area contributed by atoms with Gasteiger partial charge in [0.05, 0.1) is 0 Å². The maximum Gasteiger partial charge on any atom is 0.243 e. The molecule has 104 valence electrons. The van der Waals surface area contributed by atoms with Gasteiger partial charge in [-0.05, 0) is 23.6 Å². The molecule has 0 aliphatic rings. The summed E-state index contributed by atoms with van der Waals surface area (Å²) in [6, 6.07) is 5.35. The van der Waals surface area contributed by atoms with E-state index in [2.05, 4.69) is 10.6 Å². The molecule has 0 fully saturated rings. The molecule has 0 unspecified atom stereocenters. The Hall–Kier alpha value is -1.91. The highest BCUT2D eigenvalue weighted by Gasteiger charge is 2.22. The van der Waals surface area contributed by atoms with Crippen molar-refractivity contribution in [1.29, 1.82) is 0 Å². The van der Waals surface area contributed by atoms with E-state index < -0.39 is 6.04 Å². The Morgan fingerprint density at radius 1 is 1.21 bits per heavy atom. The SMILES string of the molecule is CC(=O)N[C@@H](C(=O)NCc1ccc(F)cc1)C(C)C. The van der Waals surface area contributed by atoms with Gasteiger partial charge in [0.2, 0.25) is 11.8 Å². The Balaban J connectivity index is 2.57. The zero-order valence-corrected chi connectivity index (χ0v) is 11.4. The molecule has 2 N–H and O–H groups in total. The number of nitrogens with one attached hydrogen (secondary N) is 2. The quantitative estimate of drug-likeness (QED) is 0.850. The molecule has 1 aromatic rings. The molecular weight excluding hydrogens is 247 g/mol. The summed E-state index contributed by atoms with van der Waals surface area (Å²) >= 11 is 0. The lowest BCUT2D eigenvalue weighted by Crippen LogP contribution is -2.48. The van der Waals surface area contributed by atoms with Crippen LogP contribution in [0.1, 0.15) is 26.3 Å². The molecular formula is C14H19FN2O2. The lowest BCUT2D eigenvalue weighted by molar-refractivity contribution is -0.129. The molecule has 19 heavy (non-hydrogen) atoms. The topological polar surface area (TPSA) is 58.2 Å². The highest BCUT2D eigenvalue weighted by molar-refractivity contribution is 5.86. The van der Waals surface area contributed by atoms with Gasteiger partial charge in [-0.1, -0.05) is 26.0 Å². The average molecular weight is 266 g/mol. The van der Waals surface area contributed by atoms with Crippen molar-refractivity contribution >= 4 is 11.8 Å². The summed E-state index contributed by atoms with van der Waals surface area (Å²) in [5, 5.41) is 5.34. The van der Waals surface area contributed by atoms with Crippen LogP contribution in [0.15, 0.2) is 24.3 Å². The normalized spacial score (nSPS) is 12.1. The second kappa shape index (κ2) is 6.87. The molecule has 1 atom stereocenters. The maximum absolute atomic E-state index is 12.7. The highest BCUT2D eigenvalue weighted by atomic mass is 19.1. The first-order chi connectivity index (χ1) is 8.90. The summed E-state index contributed by atoms with van der Waals surface area (Å²) < 4.78 is 12.7. The first-order valence-electron chi connectivity index (χ1n) is 6.19. The fraction of sp³-hybridized carbons (Fsp3) is 0.429. The van der Waals surface area contributed by atoms with Crippen LogP contribution in [0, 0.1) is 11.7 Å². The third kappa shape index (κ3) is 5.07. The molecule has 0 saturated carbocycles. The first kappa shape index (κ1) is 15.1. The van der Waals surface area contributed by atoms with Gasteiger partial charge in [0.25, 0.3) is 0 Å². The van der Waals surface area contributed by atoms with Crippen LogP contribution in [-0.4, -0.2) is 17.9 Å². The fourth-order valence-corrected chi connectivity index (χ4v) is 1.66. The van der Waals surface area contributed by atoms with E-state index in [1.165, 1.54) is 19.1 Å². The Labute approximate surface area is 112 Å². The summed E-state index contributed by atoms with van der Waals surface area (Å²) in [5.74, 6) is -0.796. The number of benzene rings is 1. The van der Waals surface area contributed by atoms with Gasteiger partial charge in [0, 0.05) is 13.5 Å². The number of rotatable bonds is 5. The molecule has 0 heterocycles. The lowest BCUT2D eigenvalue weighted by Gasteiger charge is -2.20. The van der Waals surface area contributed by atoms with Gasteiger partial charge < -0.3 is 10.6 Å². The van der Waals surface area contributed by atoms with E-state index in [1.807, 2.05) is 13.8 Å². The fourth-order valence-electron chi connectivity index (χ4n) is 1.66. The zero-order chi connectivity index (χ0) is 14.4. The Kier molecular flexibility index (Phi) is 5.48. The van der Waals surface area contributed by atoms with Crippen LogP contribution in [0.25, 0.3) is 0 Å². The van der Waals surface area contributed by atoms with Gasteiger partial charge >= 0.3 is 0 Å². The minimum atomic E-state index is -0.557. The third-order valence-corrected chi connectivity index (χ3v) is 2.69. The Bertz CT molecular complexity index is 443. The van der Waals surface area contributed by atoms with Crippen molar-refractivity contribution in [2.45, 2.75) is 33.4 Å². The third-order valence-electron chi connectivity index (χ3n) is 2.69. The van der Waals surface area contributed by atoms with Gasteiger partial charge in [0.1, 0.15) is 11.9 Å². The number of hydrogen-bond acceptors (Lipinski definition) is 2. The average Bonchev–Trinajstić information content (AvgIpc) is 2.34. The van der Waals surface area contributed by atoms with E-state index in [9.17, 15) is 14.0 Å². The monoisotopic (exact) mass is 266 g/mol. The van der Waals surface area contributed by atoms with Crippen molar-refractivity contribution in [3.05, 3.63) is 35.6 Å². The largest absolute Gasteiger partial charge is 0.350 e. The molecule has 0 radical (unpaired) electrons. The highest BCUT2D eigenvalue weighted by Crippen LogP contribution is 2.05. The van der Waals surface area contributed by atoms with Gasteiger partial charge in [-0.15, -0.1) is 0 Å². The van der Waals surface area contributed by atoms with E-state index in [1.54, 1.807) is 12.1 Å². The van der Waals surface area contributed by atoms with Crippen LogP contribution in [0.4, 0.5) is 4.39 Å². The summed E-state index contributed by atoms with van der Waals surface area (Å²) in [5.41, 5.74) is 0.806. The summed E-state index contributed by atoms with van der Waals surface area (Å²) in [6.07, 6.45) is 0. The van der Waals surface area contributed by atoms with Gasteiger partial charge in [-0.3, -0.25) is 9.59 Å². The van der Waals surface area contributed by atoms with Gasteiger partial charge in [0.15, 0.2) is 0 Å². The summed E-state index contributed by atoms with van der Waals surface area (Å²) in [6.45, 7) is 5.40. The Morgan fingerprint density at radius 2 is 1.79 bits per heavy atom. The van der Waals surface area contributed by atoms with Crippen molar-refractivity contribution in [2.75, 3.05) is 0 Å². The van der Waals surface area contributed by atoms with E-state index in [0.717, 1.165) is 5.56 Å². The standard InChI is InChI=1S/C14H19FN2O2/c1-9(2)13(17-10(3)18)14(19)16-8-11-4-6-12(15)7-5-11/h4-7,9,13H,8H2,1-3H3,(H,16,19)(H,17,18)/t13-/m1/s1. The number of hydrogen-bond donors (Lipinski definition) is 2. The van der Waals surface area contributed by atoms with Crippen LogP contribution in [0.2, 0.25) is 0 Å². The minimum absolute atomic E-state index is 0.00267. The van der Waals surface area contributed by atoms with E-state index in [-0.39, 0.29) is 23.5 Å². The predicted molar refractivity (Wildman–Crippen MR) is 70.7 cm³/mol. The summed E-state index contributed by atoms with van der Waals surface area (Å²) in [4.78, 5) is 23.0. The van der Waals surface area contributed by atoms with E-state index in [4.69, 9.17) is 0 Å². The van der Waals surface area contributed by atoms with Crippen molar-refractivity contribution in [3.8, 4) is 0 Å². The first-order valence-corrected chi connectivity index (χ1v) is 6.19. The van der Waals surface area contributed by atoms with Crippen molar-refractivity contribution in [3.63, 3.8) is 0 Å². The van der Waals surface area contributed by atoms with Crippen LogP contribution < -0.4 is 10.6 Å². The Morgan fingerprint density at radius 3 is 2.26 bits per heavy atom. The molecule has 0 saturated heterocycles. The zero-order valence-electron chi connectivity index (χ0n) is 11.4. The van der Waals surface area contributed by atoms with Gasteiger partial charge in [-0.2, -0.15) is 0 Å². The molecule has 5 heteroatoms. The maximum atomic E-state index is 12.7. The van der Waals surface area contributed by atoms with E-state index in [0.29, 0.717) is 6.54 Å². The number of carbonyl (C=O) groups excluding carboxylic acids is 2. The molecule has 4 nitrogen and oxygen atoms in total. The second-order valence-electron chi connectivity index (χ2n) is 4.77. The lowest BCUT2D eigenvalue weighted by atomic mass is 10.0. The molecule has 0 aliphatic carbocycles. The molecule has 1 aromatic carbocycles. The summed E-state index contributed by atoms with van der Waals surface area (Å²) in [7, 11) is 0. The molecule has 2 amide bonds. The van der Waals surface area contributed by atoms with Crippen molar-refractivity contribution < 1.29 is 14.0 Å². The predicted octanol–water partition coefficient (Wildman–Crippen LogP) is 1.60. The van der Waals surface area contributed by atoms with Crippen LogP contribution in [-0.2, 0) is 16.1 Å². The molecule has 0 aromatic heterocycles. The van der Waals surface area contributed by atoms with Crippen LogP contribution in [0.5, 0.6) is 0 Å². The smallest absolute Gasteiger partial charge is 0.243 e. The minimum Gasteiger partial charge on any atom is -0.350 e. The molecule has 0 bridgehead atoms. The molecule has 0 spiro atoms. The molecule has 0 aliphatic heterocycles. The van der Waals surface area contributed by atoms with Gasteiger partial charge in [-0.25, -0.2) is 4.39 Å². The van der Waals surface area contributed by atoms with Crippen molar-refractivity contribution in [2.24, 2.45) is 5.92 Å². The number of amides is 2. The van der Waals surface area contributed by atoms with Crippen molar-refractivity contribution in [1.82, 2.24) is 10.6 Å². The second-order valence-corrected chi connectivity index (χ2v) is 4.77. The van der Waals surface area contributed by atoms with E-state index >= 15 is 0 Å². The van der Waals surface area contributed by atoms with Crippen LogP contribution >= 0.6 is 0 Å². The van der Waals surface area contributed by atoms with Crippen LogP contribution in [0.3, 0.4) is 0 Å². The number of carbonyl (C=O) groups is 2.